The van der Waals surface area contributed by atoms with Gasteiger partial charge in [0.1, 0.15) is 0 Å². The van der Waals surface area contributed by atoms with Crippen molar-refractivity contribution in [3.63, 3.8) is 0 Å². The second-order valence-electron chi connectivity index (χ2n) is 0.845. The minimum absolute atomic E-state index is 0.111. The van der Waals surface area contributed by atoms with Gasteiger partial charge in [-0.2, -0.15) is 5.26 Å². The van der Waals surface area contributed by atoms with E-state index in [1.807, 2.05) is 0 Å². The molecule has 0 saturated carbocycles. The van der Waals surface area contributed by atoms with Gasteiger partial charge in [-0.05, 0) is 0 Å². The molecule has 0 N–H and O–H groups in total. The van der Waals surface area contributed by atoms with Crippen molar-refractivity contribution in [1.29, 1.82) is 5.26 Å². The van der Waals surface area contributed by atoms with Crippen LogP contribution in [0.25, 0.3) is 0 Å². The van der Waals surface area contributed by atoms with Crippen LogP contribution in [0.5, 0.6) is 0 Å². The highest BCUT2D eigenvalue weighted by atomic mass is 16.5. The Morgan fingerprint density at radius 3 is 2.43 bits per heavy atom. The predicted octanol–water partition coefficient (Wildman–Crippen LogP) is 0.185. The van der Waals surface area contributed by atoms with Gasteiger partial charge in [0.15, 0.2) is 6.07 Å². The molecule has 0 aromatic rings. The number of nitriles is 1. The Labute approximate surface area is 42.2 Å². The van der Waals surface area contributed by atoms with Crippen LogP contribution in [-0.4, -0.2) is 20.1 Å². The van der Waals surface area contributed by atoms with Crippen LogP contribution < -0.4 is 0 Å². The van der Waals surface area contributed by atoms with Gasteiger partial charge in [-0.1, -0.05) is 0 Å². The molecule has 0 aliphatic carbocycles. The highest BCUT2D eigenvalue weighted by Gasteiger charge is 1.85. The first-order valence-corrected chi connectivity index (χ1v) is 1.76. The number of ether oxygens (including phenoxy) is 1. The van der Waals surface area contributed by atoms with Gasteiger partial charge in [0.05, 0.1) is 7.11 Å². The summed E-state index contributed by atoms with van der Waals surface area (Å²) >= 11 is 0. The molecule has 3 heteroatoms. The summed E-state index contributed by atoms with van der Waals surface area (Å²) in [5.74, 6) is 0.111. The summed E-state index contributed by atoms with van der Waals surface area (Å²) < 4.78 is 4.44. The minimum Gasteiger partial charge on any atom is -0.474 e. The molecule has 3 nitrogen and oxygen atoms in total. The van der Waals surface area contributed by atoms with Crippen LogP contribution in [0, 0.1) is 11.3 Å². The molecule has 0 aliphatic heterocycles. The number of nitrogens with zero attached hydrogens (tertiary/aromatic N) is 2. The fourth-order valence-corrected chi connectivity index (χ4v) is 0.187. The molecule has 0 unspecified atom stereocenters. The average molecular weight is 98.1 g/mol. The van der Waals surface area contributed by atoms with Crippen molar-refractivity contribution < 1.29 is 4.74 Å². The lowest BCUT2D eigenvalue weighted by molar-refractivity contribution is 0.408. The van der Waals surface area contributed by atoms with Gasteiger partial charge >= 0.3 is 0 Å². The van der Waals surface area contributed by atoms with E-state index in [-0.39, 0.29) is 5.90 Å². The smallest absolute Gasteiger partial charge is 0.290 e. The minimum atomic E-state index is 0.111. The summed E-state index contributed by atoms with van der Waals surface area (Å²) in [6, 6.07) is 1.73. The Hall–Kier alpha value is -1.04. The molecule has 0 bridgehead atoms. The molecule has 0 aliphatic rings. The lowest BCUT2D eigenvalue weighted by Gasteiger charge is -1.86. The van der Waals surface area contributed by atoms with Crippen molar-refractivity contribution in [2.75, 3.05) is 14.2 Å². The summed E-state index contributed by atoms with van der Waals surface area (Å²) in [5, 5.41) is 8.02. The highest BCUT2D eigenvalue weighted by Crippen LogP contribution is 1.70. The van der Waals surface area contributed by atoms with Crippen LogP contribution in [0.2, 0.25) is 0 Å². The molecule has 0 aromatic carbocycles. The number of aliphatic imine (C=N–C) groups is 1. The van der Waals surface area contributed by atoms with Crippen molar-refractivity contribution in [3.8, 4) is 6.07 Å². The maximum absolute atomic E-state index is 8.02. The molecule has 0 heterocycles. The topological polar surface area (TPSA) is 45.4 Å². The lowest BCUT2D eigenvalue weighted by Crippen LogP contribution is -1.94. The number of methoxy groups -OCH3 is 1. The third-order valence-electron chi connectivity index (χ3n) is 0.492. The standard InChI is InChI=1S/C4H6N2O/c1-6-4(3-5)7-2/h1-2H3. The predicted molar refractivity (Wildman–Crippen MR) is 26.0 cm³/mol. The van der Waals surface area contributed by atoms with E-state index in [4.69, 9.17) is 5.26 Å². The SMILES string of the molecule is CN=C(C#N)OC. The average Bonchev–Trinajstić information content (AvgIpc) is 1.72. The third kappa shape index (κ3) is 1.77. The summed E-state index contributed by atoms with van der Waals surface area (Å²) in [6.07, 6.45) is 0. The van der Waals surface area contributed by atoms with E-state index in [0.717, 1.165) is 0 Å². The van der Waals surface area contributed by atoms with Crippen molar-refractivity contribution in [2.24, 2.45) is 4.99 Å². The molecule has 38 valence electrons. The molecule has 0 fully saturated rings. The van der Waals surface area contributed by atoms with Gasteiger partial charge < -0.3 is 4.74 Å². The van der Waals surface area contributed by atoms with E-state index in [9.17, 15) is 0 Å². The maximum atomic E-state index is 8.02. The van der Waals surface area contributed by atoms with E-state index in [1.54, 1.807) is 6.07 Å². The van der Waals surface area contributed by atoms with Crippen LogP contribution in [0.1, 0.15) is 0 Å². The van der Waals surface area contributed by atoms with Crippen LogP contribution in [0.3, 0.4) is 0 Å². The van der Waals surface area contributed by atoms with Gasteiger partial charge in [0.25, 0.3) is 5.90 Å². The molecular formula is C4H6N2O. The van der Waals surface area contributed by atoms with E-state index < -0.39 is 0 Å². The molecule has 0 radical (unpaired) electrons. The van der Waals surface area contributed by atoms with Gasteiger partial charge in [-0.3, -0.25) is 0 Å². The number of hydrogen-bond donors (Lipinski definition) is 0. The van der Waals surface area contributed by atoms with E-state index in [0.29, 0.717) is 0 Å². The zero-order valence-corrected chi connectivity index (χ0v) is 4.30. The van der Waals surface area contributed by atoms with Crippen molar-refractivity contribution in [3.05, 3.63) is 0 Å². The molecule has 0 aromatic heterocycles. The summed E-state index contributed by atoms with van der Waals surface area (Å²) in [4.78, 5) is 3.46. The van der Waals surface area contributed by atoms with Crippen molar-refractivity contribution in [1.82, 2.24) is 0 Å². The third-order valence-corrected chi connectivity index (χ3v) is 0.492. The van der Waals surface area contributed by atoms with E-state index in [1.165, 1.54) is 14.2 Å². The lowest BCUT2D eigenvalue weighted by atomic mass is 10.7. The van der Waals surface area contributed by atoms with Gasteiger partial charge in [-0.15, -0.1) is 0 Å². The van der Waals surface area contributed by atoms with Crippen molar-refractivity contribution in [2.45, 2.75) is 0 Å². The molecule has 7 heavy (non-hydrogen) atoms. The monoisotopic (exact) mass is 98.0 g/mol. The molecule has 0 saturated heterocycles. The largest absolute Gasteiger partial charge is 0.474 e. The first-order chi connectivity index (χ1) is 3.35. The second-order valence-corrected chi connectivity index (χ2v) is 0.845. The summed E-state index contributed by atoms with van der Waals surface area (Å²) in [6.45, 7) is 0. The Bertz CT molecular complexity index is 111. The van der Waals surface area contributed by atoms with E-state index >= 15 is 0 Å². The fourth-order valence-electron chi connectivity index (χ4n) is 0.187. The molecule has 0 amide bonds. The quantitative estimate of drug-likeness (QED) is 0.320. The van der Waals surface area contributed by atoms with Gasteiger partial charge in [0, 0.05) is 7.05 Å². The summed E-state index contributed by atoms with van der Waals surface area (Å²) in [7, 11) is 2.91. The number of hydrogen-bond acceptors (Lipinski definition) is 3. The normalized spacial score (nSPS) is 10.1. The highest BCUT2D eigenvalue weighted by molar-refractivity contribution is 5.90. The summed E-state index contributed by atoms with van der Waals surface area (Å²) in [5.41, 5.74) is 0. The van der Waals surface area contributed by atoms with Gasteiger partial charge in [0.2, 0.25) is 0 Å². The Balaban J connectivity index is 3.68. The fraction of sp³-hybridized carbons (Fsp3) is 0.500. The first kappa shape index (κ1) is 5.96. The van der Waals surface area contributed by atoms with Crippen LogP contribution in [-0.2, 0) is 4.74 Å². The molecular weight excluding hydrogens is 92.1 g/mol. The van der Waals surface area contributed by atoms with Crippen LogP contribution in [0.4, 0.5) is 0 Å². The van der Waals surface area contributed by atoms with Crippen LogP contribution in [0.15, 0.2) is 4.99 Å². The van der Waals surface area contributed by atoms with Crippen molar-refractivity contribution >= 4 is 5.90 Å². The van der Waals surface area contributed by atoms with Gasteiger partial charge in [-0.25, -0.2) is 4.99 Å². The zero-order valence-electron chi connectivity index (χ0n) is 4.30. The Morgan fingerprint density at radius 2 is 2.43 bits per heavy atom. The first-order valence-electron chi connectivity index (χ1n) is 1.76. The molecule has 0 spiro atoms. The molecule has 0 rings (SSSR count). The number of rotatable bonds is 0. The zero-order chi connectivity index (χ0) is 5.70. The van der Waals surface area contributed by atoms with Crippen LogP contribution >= 0.6 is 0 Å². The maximum Gasteiger partial charge on any atom is 0.290 e. The Morgan fingerprint density at radius 1 is 1.86 bits per heavy atom. The van der Waals surface area contributed by atoms with E-state index in [2.05, 4.69) is 9.73 Å². The second kappa shape index (κ2) is 3.16. The Kier molecular flexibility index (Phi) is 2.69. The molecule has 0 atom stereocenters.